The fourth-order valence-corrected chi connectivity index (χ4v) is 4.35. The second-order valence-corrected chi connectivity index (χ2v) is 6.99. The molecule has 1 saturated heterocycles. The van der Waals surface area contributed by atoms with E-state index >= 15 is 0 Å². The van der Waals surface area contributed by atoms with Gasteiger partial charge >= 0.3 is 0 Å². The van der Waals surface area contributed by atoms with Crippen LogP contribution in [0.1, 0.15) is 43.2 Å². The summed E-state index contributed by atoms with van der Waals surface area (Å²) in [7, 11) is 0. The molecule has 1 heterocycles. The fraction of sp³-hybridized carbons (Fsp3) is 0.611. The molecule has 0 saturated carbocycles. The van der Waals surface area contributed by atoms with Crippen LogP contribution in [0.2, 0.25) is 0 Å². The van der Waals surface area contributed by atoms with Gasteiger partial charge in [-0.25, -0.2) is 0 Å². The van der Waals surface area contributed by atoms with Gasteiger partial charge in [0.1, 0.15) is 5.37 Å². The van der Waals surface area contributed by atoms with Crippen molar-refractivity contribution in [3.05, 3.63) is 35.4 Å². The molecule has 0 radical (unpaired) electrons. The van der Waals surface area contributed by atoms with Crippen LogP contribution in [-0.2, 0) is 4.79 Å². The third-order valence-electron chi connectivity index (χ3n) is 4.42. The molecule has 1 unspecified atom stereocenters. The highest BCUT2D eigenvalue weighted by Gasteiger charge is 2.30. The van der Waals surface area contributed by atoms with Crippen LogP contribution >= 0.6 is 11.8 Å². The minimum Gasteiger partial charge on any atom is -0.326 e. The molecule has 1 aromatic carbocycles. The van der Waals surface area contributed by atoms with E-state index in [4.69, 9.17) is 0 Å². The van der Waals surface area contributed by atoms with Gasteiger partial charge in [0.05, 0.1) is 0 Å². The molecule has 1 amide bonds. The number of carbonyl (C=O) groups excluding carboxylic acids is 1. The number of nitrogens with zero attached hydrogens (tertiary/aromatic N) is 2. The first-order chi connectivity index (χ1) is 10.7. The lowest BCUT2D eigenvalue weighted by Crippen LogP contribution is -2.39. The van der Waals surface area contributed by atoms with Crippen LogP contribution in [0.5, 0.6) is 0 Å². The lowest BCUT2D eigenvalue weighted by molar-refractivity contribution is -0.132. The minimum absolute atomic E-state index is 0.194. The molecule has 0 aliphatic carbocycles. The summed E-state index contributed by atoms with van der Waals surface area (Å²) in [6, 6.07) is 8.46. The summed E-state index contributed by atoms with van der Waals surface area (Å²) in [6.07, 6.45) is 1.73. The van der Waals surface area contributed by atoms with Crippen molar-refractivity contribution < 1.29 is 4.79 Å². The molecule has 1 fully saturated rings. The van der Waals surface area contributed by atoms with Crippen LogP contribution in [0, 0.1) is 6.92 Å². The van der Waals surface area contributed by atoms with E-state index in [0.29, 0.717) is 12.3 Å². The molecule has 122 valence electrons. The molecular weight excluding hydrogens is 292 g/mol. The van der Waals surface area contributed by atoms with E-state index in [2.05, 4.69) is 54.8 Å². The fourth-order valence-electron chi connectivity index (χ4n) is 2.99. The zero-order valence-corrected chi connectivity index (χ0v) is 14.9. The van der Waals surface area contributed by atoms with E-state index < -0.39 is 0 Å². The van der Waals surface area contributed by atoms with Crippen molar-refractivity contribution in [1.82, 2.24) is 9.80 Å². The van der Waals surface area contributed by atoms with Gasteiger partial charge < -0.3 is 9.80 Å². The average Bonchev–Trinajstić information content (AvgIpc) is 2.53. The van der Waals surface area contributed by atoms with Gasteiger partial charge in [-0.3, -0.25) is 4.79 Å². The average molecular weight is 321 g/mol. The van der Waals surface area contributed by atoms with Crippen LogP contribution < -0.4 is 0 Å². The Hall–Kier alpha value is -1.00. The normalized spacial score (nSPS) is 19.0. The van der Waals surface area contributed by atoms with Crippen molar-refractivity contribution in [2.75, 3.05) is 31.9 Å². The Bertz CT molecular complexity index is 488. The number of hydrogen-bond donors (Lipinski definition) is 0. The molecule has 2 rings (SSSR count). The van der Waals surface area contributed by atoms with E-state index in [1.165, 1.54) is 11.1 Å². The maximum atomic E-state index is 12.4. The number of hydrogen-bond acceptors (Lipinski definition) is 3. The molecular formula is C18H28N2OS. The van der Waals surface area contributed by atoms with Gasteiger partial charge in [-0.1, -0.05) is 38.1 Å². The monoisotopic (exact) mass is 320 g/mol. The van der Waals surface area contributed by atoms with Crippen LogP contribution in [-0.4, -0.2) is 47.6 Å². The van der Waals surface area contributed by atoms with Crippen molar-refractivity contribution in [1.29, 1.82) is 0 Å². The first-order valence-corrected chi connectivity index (χ1v) is 9.41. The highest BCUT2D eigenvalue weighted by molar-refractivity contribution is 7.99. The highest BCUT2D eigenvalue weighted by atomic mass is 32.2. The van der Waals surface area contributed by atoms with Crippen LogP contribution in [0.3, 0.4) is 0 Å². The number of thioether (sulfide) groups is 1. The smallest absolute Gasteiger partial charge is 0.224 e. The van der Waals surface area contributed by atoms with E-state index in [9.17, 15) is 4.79 Å². The van der Waals surface area contributed by atoms with Crippen LogP contribution in [0.25, 0.3) is 0 Å². The van der Waals surface area contributed by atoms with Crippen molar-refractivity contribution in [3.8, 4) is 0 Å². The Morgan fingerprint density at radius 3 is 2.68 bits per heavy atom. The predicted octanol–water partition coefficient (Wildman–Crippen LogP) is 3.69. The van der Waals surface area contributed by atoms with Gasteiger partial charge in [0, 0.05) is 18.7 Å². The highest BCUT2D eigenvalue weighted by Crippen LogP contribution is 2.38. The molecule has 1 aliphatic heterocycles. The first kappa shape index (κ1) is 17.4. The summed E-state index contributed by atoms with van der Waals surface area (Å²) in [4.78, 5) is 16.9. The lowest BCUT2D eigenvalue weighted by atomic mass is 10.1. The number of benzene rings is 1. The third-order valence-corrected chi connectivity index (χ3v) is 5.68. The first-order valence-electron chi connectivity index (χ1n) is 8.36. The molecule has 4 heteroatoms. The maximum Gasteiger partial charge on any atom is 0.224 e. The molecule has 0 N–H and O–H groups in total. The number of aryl methyl sites for hydroxylation is 1. The summed E-state index contributed by atoms with van der Waals surface area (Å²) >= 11 is 1.90. The van der Waals surface area contributed by atoms with Crippen molar-refractivity contribution in [2.45, 2.75) is 39.0 Å². The standard InChI is InChI=1S/C18H28N2OS/c1-4-19(5-2)12-8-13-20-17(21)11-14-22-18(20)16-10-7-6-9-15(16)3/h6-7,9-10,18H,4-5,8,11-14H2,1-3H3. The van der Waals surface area contributed by atoms with Crippen LogP contribution in [0.15, 0.2) is 24.3 Å². The maximum absolute atomic E-state index is 12.4. The Morgan fingerprint density at radius 2 is 2.00 bits per heavy atom. The Balaban J connectivity index is 2.04. The van der Waals surface area contributed by atoms with Gasteiger partial charge in [-0.05, 0) is 44.1 Å². The molecule has 1 atom stereocenters. The Labute approximate surface area is 139 Å². The van der Waals surface area contributed by atoms with Gasteiger partial charge in [-0.15, -0.1) is 11.8 Å². The quantitative estimate of drug-likeness (QED) is 0.765. The number of amides is 1. The molecule has 22 heavy (non-hydrogen) atoms. The zero-order chi connectivity index (χ0) is 15.9. The van der Waals surface area contributed by atoms with Crippen LogP contribution in [0.4, 0.5) is 0 Å². The van der Waals surface area contributed by atoms with Crippen molar-refractivity contribution >= 4 is 17.7 Å². The lowest BCUT2D eigenvalue weighted by Gasteiger charge is -2.36. The largest absolute Gasteiger partial charge is 0.326 e. The Morgan fingerprint density at radius 1 is 1.27 bits per heavy atom. The Kier molecular flexibility index (Phi) is 6.77. The predicted molar refractivity (Wildman–Crippen MR) is 95.1 cm³/mol. The molecule has 1 aromatic rings. The zero-order valence-electron chi connectivity index (χ0n) is 14.0. The van der Waals surface area contributed by atoms with E-state index in [-0.39, 0.29) is 5.37 Å². The molecule has 0 bridgehead atoms. The number of carbonyl (C=O) groups is 1. The van der Waals surface area contributed by atoms with Crippen molar-refractivity contribution in [2.24, 2.45) is 0 Å². The summed E-state index contributed by atoms with van der Waals surface area (Å²) in [5.74, 6) is 1.25. The van der Waals surface area contributed by atoms with Gasteiger partial charge in [0.15, 0.2) is 0 Å². The summed E-state index contributed by atoms with van der Waals surface area (Å²) in [5.41, 5.74) is 2.58. The summed E-state index contributed by atoms with van der Waals surface area (Å²) in [5, 5.41) is 0.194. The van der Waals surface area contributed by atoms with Gasteiger partial charge in [-0.2, -0.15) is 0 Å². The molecule has 3 nitrogen and oxygen atoms in total. The second-order valence-electron chi connectivity index (χ2n) is 5.80. The minimum atomic E-state index is 0.194. The van der Waals surface area contributed by atoms with Crippen molar-refractivity contribution in [3.63, 3.8) is 0 Å². The summed E-state index contributed by atoms with van der Waals surface area (Å²) < 4.78 is 0. The second kappa shape index (κ2) is 8.59. The van der Waals surface area contributed by atoms with E-state index in [1.807, 2.05) is 11.8 Å². The number of rotatable bonds is 7. The summed E-state index contributed by atoms with van der Waals surface area (Å²) in [6.45, 7) is 10.6. The molecule has 0 spiro atoms. The third kappa shape index (κ3) is 4.26. The van der Waals surface area contributed by atoms with Gasteiger partial charge in [0.25, 0.3) is 0 Å². The molecule has 1 aliphatic rings. The van der Waals surface area contributed by atoms with Gasteiger partial charge in [0.2, 0.25) is 5.91 Å². The molecule has 0 aromatic heterocycles. The SMILES string of the molecule is CCN(CC)CCCN1C(=O)CCSC1c1ccccc1C. The van der Waals surface area contributed by atoms with E-state index in [0.717, 1.165) is 38.4 Å². The van der Waals surface area contributed by atoms with E-state index in [1.54, 1.807) is 0 Å². The topological polar surface area (TPSA) is 23.6 Å².